The van der Waals surface area contributed by atoms with E-state index in [2.05, 4.69) is 15.9 Å². The van der Waals surface area contributed by atoms with E-state index in [9.17, 15) is 14.9 Å². The Morgan fingerprint density at radius 3 is 2.44 bits per heavy atom. The second-order valence-corrected chi connectivity index (χ2v) is 5.02. The first-order chi connectivity index (χ1) is 8.63. The fourth-order valence-corrected chi connectivity index (χ4v) is 2.20. The number of nitro benzene ring substituents is 1. The van der Waals surface area contributed by atoms with Crippen LogP contribution < -0.4 is 0 Å². The van der Waals surface area contributed by atoms with Crippen molar-refractivity contribution in [3.8, 4) is 0 Å². The molecule has 0 radical (unpaired) electrons. The molecule has 96 valence electrons. The van der Waals surface area contributed by atoms with Crippen molar-refractivity contribution < 1.29 is 9.72 Å². The van der Waals surface area contributed by atoms with Gasteiger partial charge in [-0.3, -0.25) is 14.9 Å². The molecule has 0 heterocycles. The van der Waals surface area contributed by atoms with Gasteiger partial charge in [0.15, 0.2) is 0 Å². The summed E-state index contributed by atoms with van der Waals surface area (Å²) >= 11 is 3.33. The number of nitro groups is 1. The maximum Gasteiger partial charge on any atom is 0.269 e. The number of rotatable bonds is 5. The standard InChI is InChI=1S/C12H13BrN2O3/c13-7-8-14(10-5-6-10)12(16)9-1-3-11(4-2-9)15(17)18/h1-4,10H,5-8H2. The highest BCUT2D eigenvalue weighted by Gasteiger charge is 2.32. The Labute approximate surface area is 113 Å². The predicted molar refractivity (Wildman–Crippen MR) is 70.9 cm³/mol. The lowest BCUT2D eigenvalue weighted by Crippen LogP contribution is -2.34. The van der Waals surface area contributed by atoms with Gasteiger partial charge in [0.2, 0.25) is 0 Å². The second kappa shape index (κ2) is 5.48. The van der Waals surface area contributed by atoms with E-state index in [0.717, 1.165) is 18.2 Å². The monoisotopic (exact) mass is 312 g/mol. The molecule has 0 N–H and O–H groups in total. The number of non-ortho nitro benzene ring substituents is 1. The van der Waals surface area contributed by atoms with Crippen molar-refractivity contribution >= 4 is 27.5 Å². The zero-order valence-corrected chi connectivity index (χ0v) is 11.3. The Kier molecular flexibility index (Phi) is 3.96. The second-order valence-electron chi connectivity index (χ2n) is 4.22. The van der Waals surface area contributed by atoms with Crippen LogP contribution in [0.1, 0.15) is 23.2 Å². The van der Waals surface area contributed by atoms with Gasteiger partial charge in [-0.15, -0.1) is 0 Å². The number of hydrogen-bond acceptors (Lipinski definition) is 3. The average molecular weight is 313 g/mol. The van der Waals surface area contributed by atoms with Gasteiger partial charge in [-0.1, -0.05) is 15.9 Å². The van der Waals surface area contributed by atoms with Crippen molar-refractivity contribution in [3.05, 3.63) is 39.9 Å². The third-order valence-corrected chi connectivity index (χ3v) is 3.25. The van der Waals surface area contributed by atoms with Crippen LogP contribution >= 0.6 is 15.9 Å². The smallest absolute Gasteiger partial charge is 0.269 e. The zero-order chi connectivity index (χ0) is 13.1. The van der Waals surface area contributed by atoms with Crippen molar-refractivity contribution in [2.24, 2.45) is 0 Å². The Bertz CT molecular complexity index is 457. The molecule has 1 aromatic carbocycles. The van der Waals surface area contributed by atoms with Crippen molar-refractivity contribution in [1.29, 1.82) is 0 Å². The van der Waals surface area contributed by atoms with Gasteiger partial charge < -0.3 is 4.90 Å². The third kappa shape index (κ3) is 2.87. The average Bonchev–Trinajstić information content (AvgIpc) is 3.19. The summed E-state index contributed by atoms with van der Waals surface area (Å²) in [5.41, 5.74) is 0.512. The van der Waals surface area contributed by atoms with E-state index in [1.54, 1.807) is 0 Å². The van der Waals surface area contributed by atoms with Gasteiger partial charge in [0.05, 0.1) is 4.92 Å². The van der Waals surface area contributed by atoms with Crippen molar-refractivity contribution in [2.75, 3.05) is 11.9 Å². The minimum Gasteiger partial charge on any atom is -0.335 e. The molecule has 2 rings (SSSR count). The highest BCUT2D eigenvalue weighted by atomic mass is 79.9. The summed E-state index contributed by atoms with van der Waals surface area (Å²) < 4.78 is 0. The van der Waals surface area contributed by atoms with Gasteiger partial charge >= 0.3 is 0 Å². The van der Waals surface area contributed by atoms with E-state index in [0.29, 0.717) is 18.2 Å². The Morgan fingerprint density at radius 1 is 1.39 bits per heavy atom. The minimum atomic E-state index is -0.467. The molecule has 6 heteroatoms. The summed E-state index contributed by atoms with van der Waals surface area (Å²) in [5.74, 6) is -0.0492. The third-order valence-electron chi connectivity index (χ3n) is 2.90. The van der Waals surface area contributed by atoms with Crippen LogP contribution in [-0.4, -0.2) is 33.6 Å². The SMILES string of the molecule is O=C(c1ccc([N+](=O)[O-])cc1)N(CCBr)C1CC1. The maximum absolute atomic E-state index is 12.2. The predicted octanol–water partition coefficient (Wildman–Crippen LogP) is 2.59. The number of hydrogen-bond donors (Lipinski definition) is 0. The summed E-state index contributed by atoms with van der Waals surface area (Å²) in [4.78, 5) is 24.1. The van der Waals surface area contributed by atoms with Crippen LogP contribution in [-0.2, 0) is 0 Å². The Hall–Kier alpha value is -1.43. The van der Waals surface area contributed by atoms with Gasteiger partial charge in [0.1, 0.15) is 0 Å². The Balaban J connectivity index is 2.13. The normalized spacial score (nSPS) is 14.3. The molecule has 5 nitrogen and oxygen atoms in total. The Morgan fingerprint density at radius 2 is 2.00 bits per heavy atom. The van der Waals surface area contributed by atoms with Crippen LogP contribution in [0.2, 0.25) is 0 Å². The van der Waals surface area contributed by atoms with Crippen LogP contribution in [0.5, 0.6) is 0 Å². The largest absolute Gasteiger partial charge is 0.335 e. The topological polar surface area (TPSA) is 63.4 Å². The number of nitrogens with zero attached hydrogens (tertiary/aromatic N) is 2. The highest BCUT2D eigenvalue weighted by Crippen LogP contribution is 2.28. The lowest BCUT2D eigenvalue weighted by atomic mass is 10.2. The molecule has 0 bridgehead atoms. The number of amides is 1. The number of alkyl halides is 1. The number of halogens is 1. The quantitative estimate of drug-likeness (QED) is 0.477. The molecule has 1 saturated carbocycles. The summed E-state index contributed by atoms with van der Waals surface area (Å²) in [6.07, 6.45) is 2.09. The fourth-order valence-electron chi connectivity index (χ4n) is 1.82. The van der Waals surface area contributed by atoms with E-state index in [1.165, 1.54) is 24.3 Å². The molecule has 0 aliphatic heterocycles. The first kappa shape index (κ1) is 13.0. The van der Waals surface area contributed by atoms with Gasteiger partial charge in [-0.05, 0) is 25.0 Å². The van der Waals surface area contributed by atoms with Gasteiger partial charge in [0.25, 0.3) is 11.6 Å². The molecule has 1 aliphatic carbocycles. The van der Waals surface area contributed by atoms with E-state index >= 15 is 0 Å². The zero-order valence-electron chi connectivity index (χ0n) is 9.71. The molecular weight excluding hydrogens is 300 g/mol. The molecule has 1 aliphatic rings. The van der Waals surface area contributed by atoms with E-state index in [4.69, 9.17) is 0 Å². The molecular formula is C12H13BrN2O3. The molecule has 18 heavy (non-hydrogen) atoms. The molecule has 0 unspecified atom stereocenters. The summed E-state index contributed by atoms with van der Waals surface area (Å²) in [6.45, 7) is 0.667. The molecule has 1 amide bonds. The van der Waals surface area contributed by atoms with Crippen molar-refractivity contribution in [3.63, 3.8) is 0 Å². The van der Waals surface area contributed by atoms with E-state index < -0.39 is 4.92 Å². The van der Waals surface area contributed by atoms with Gasteiger partial charge in [-0.25, -0.2) is 0 Å². The summed E-state index contributed by atoms with van der Waals surface area (Å²) in [7, 11) is 0. The molecule has 0 spiro atoms. The van der Waals surface area contributed by atoms with Crippen LogP contribution in [0, 0.1) is 10.1 Å². The maximum atomic E-state index is 12.2. The van der Waals surface area contributed by atoms with Crippen LogP contribution in [0.4, 0.5) is 5.69 Å². The number of benzene rings is 1. The lowest BCUT2D eigenvalue weighted by molar-refractivity contribution is -0.384. The van der Waals surface area contributed by atoms with Gasteiger partial charge in [0, 0.05) is 35.6 Å². The highest BCUT2D eigenvalue weighted by molar-refractivity contribution is 9.09. The molecule has 0 saturated heterocycles. The van der Waals surface area contributed by atoms with E-state index in [1.807, 2.05) is 4.90 Å². The fraction of sp³-hybridized carbons (Fsp3) is 0.417. The molecule has 0 atom stereocenters. The first-order valence-electron chi connectivity index (χ1n) is 5.75. The number of carbonyl (C=O) groups excluding carboxylic acids is 1. The van der Waals surface area contributed by atoms with Crippen molar-refractivity contribution in [2.45, 2.75) is 18.9 Å². The van der Waals surface area contributed by atoms with E-state index in [-0.39, 0.29) is 11.6 Å². The van der Waals surface area contributed by atoms with Crippen LogP contribution in [0.3, 0.4) is 0 Å². The molecule has 0 aromatic heterocycles. The summed E-state index contributed by atoms with van der Waals surface area (Å²) in [5, 5.41) is 11.3. The lowest BCUT2D eigenvalue weighted by Gasteiger charge is -2.21. The molecule has 1 aromatic rings. The van der Waals surface area contributed by atoms with Crippen LogP contribution in [0.25, 0.3) is 0 Å². The minimum absolute atomic E-state index is 0.00464. The van der Waals surface area contributed by atoms with Crippen LogP contribution in [0.15, 0.2) is 24.3 Å². The summed E-state index contributed by atoms with van der Waals surface area (Å²) in [6, 6.07) is 6.11. The first-order valence-corrected chi connectivity index (χ1v) is 6.87. The molecule has 1 fully saturated rings. The van der Waals surface area contributed by atoms with Crippen molar-refractivity contribution in [1.82, 2.24) is 4.90 Å². The number of carbonyl (C=O) groups is 1. The van der Waals surface area contributed by atoms with Gasteiger partial charge in [-0.2, -0.15) is 0 Å².